The Kier molecular flexibility index (Phi) is 5.96. The van der Waals surface area contributed by atoms with Gasteiger partial charge in [0.15, 0.2) is 0 Å². The molecule has 1 saturated heterocycles. The van der Waals surface area contributed by atoms with Crippen LogP contribution in [0.1, 0.15) is 84.5 Å². The number of fused-ring (bicyclic) bond motifs is 5. The minimum absolute atomic E-state index is 0.547. The summed E-state index contributed by atoms with van der Waals surface area (Å²) < 4.78 is 3.72. The van der Waals surface area contributed by atoms with Gasteiger partial charge in [0.25, 0.3) is 0 Å². The van der Waals surface area contributed by atoms with Gasteiger partial charge in [-0.3, -0.25) is 0 Å². The van der Waals surface area contributed by atoms with Crippen LogP contribution in [0.15, 0.2) is 0 Å². The van der Waals surface area contributed by atoms with Crippen LogP contribution in [0.25, 0.3) is 0 Å². The molecule has 1 aliphatic heterocycles. The number of hydrogen-bond acceptors (Lipinski definition) is 0. The third-order valence-electron chi connectivity index (χ3n) is 13.2. The van der Waals surface area contributed by atoms with Crippen molar-refractivity contribution in [1.29, 1.82) is 0 Å². The molecule has 0 amide bonds. The lowest BCUT2D eigenvalue weighted by Gasteiger charge is -2.67. The molecular formula is C31H60N3+3. The van der Waals surface area contributed by atoms with Crippen LogP contribution in [0, 0.1) is 34.0 Å². The Bertz CT molecular complexity index is 771. The molecule has 5 fully saturated rings. The Hall–Kier alpha value is -0.120. The summed E-state index contributed by atoms with van der Waals surface area (Å²) in [5.41, 5.74) is 1.67. The van der Waals surface area contributed by atoms with Crippen molar-refractivity contribution in [1.82, 2.24) is 0 Å². The van der Waals surface area contributed by atoms with E-state index in [0.29, 0.717) is 16.2 Å². The number of hydrogen-bond donors (Lipinski definition) is 0. The minimum atomic E-state index is 0.547. The zero-order chi connectivity index (χ0) is 24.8. The van der Waals surface area contributed by atoms with Crippen LogP contribution in [0.2, 0.25) is 0 Å². The normalized spacial score (nSPS) is 48.8. The van der Waals surface area contributed by atoms with Crippen LogP contribution in [-0.4, -0.2) is 94.5 Å². The number of rotatable bonds is 4. The van der Waals surface area contributed by atoms with Crippen molar-refractivity contribution in [2.45, 2.75) is 96.6 Å². The summed E-state index contributed by atoms with van der Waals surface area (Å²) in [6.45, 7) is 9.84. The van der Waals surface area contributed by atoms with Crippen molar-refractivity contribution in [3.8, 4) is 0 Å². The lowest BCUT2D eigenvalue weighted by Crippen LogP contribution is -2.67. The fraction of sp³-hybridized carbons (Fsp3) is 1.00. The largest absolute Gasteiger partial charge is 0.330 e. The van der Waals surface area contributed by atoms with E-state index in [0.717, 1.165) is 34.3 Å². The van der Waals surface area contributed by atoms with E-state index < -0.39 is 0 Å². The molecule has 3 heteroatoms. The van der Waals surface area contributed by atoms with Gasteiger partial charge in [0.1, 0.15) is 0 Å². The standard InChI is InChI=1S/C31H60N3/c1-29-17-16-27-25(26(29)12-13-28(29)33(6,7)8)15-19-31(23-32(3,4)5)22-24(14-18-30(27,31)2)34(9)20-10-11-21-34/h24-28H,10-23H2,1-9H3/q+3/t24?,25-,26-,27-,28-,29-,30+,31-/m0/s1. The number of likely N-dealkylation sites (tertiary alicyclic amines) is 1. The van der Waals surface area contributed by atoms with Crippen molar-refractivity contribution < 1.29 is 13.4 Å². The molecule has 0 bridgehead atoms. The first-order valence-corrected chi connectivity index (χ1v) is 15.1. The third kappa shape index (κ3) is 3.76. The van der Waals surface area contributed by atoms with Gasteiger partial charge < -0.3 is 13.4 Å². The quantitative estimate of drug-likeness (QED) is 0.452. The molecule has 3 nitrogen and oxygen atoms in total. The van der Waals surface area contributed by atoms with E-state index in [-0.39, 0.29) is 0 Å². The lowest BCUT2D eigenvalue weighted by atomic mass is 9.39. The monoisotopic (exact) mass is 474 g/mol. The average molecular weight is 475 g/mol. The fourth-order valence-electron chi connectivity index (χ4n) is 11.8. The molecule has 1 heterocycles. The Morgan fingerprint density at radius 2 is 1.44 bits per heavy atom. The van der Waals surface area contributed by atoms with Crippen molar-refractivity contribution in [3.63, 3.8) is 0 Å². The van der Waals surface area contributed by atoms with E-state index in [2.05, 4.69) is 63.2 Å². The fourth-order valence-corrected chi connectivity index (χ4v) is 11.8. The van der Waals surface area contributed by atoms with Gasteiger partial charge in [-0.1, -0.05) is 13.8 Å². The average Bonchev–Trinajstić information content (AvgIpc) is 3.30. The molecule has 5 rings (SSSR count). The highest BCUT2D eigenvalue weighted by molar-refractivity contribution is 5.14. The Morgan fingerprint density at radius 3 is 2.06 bits per heavy atom. The van der Waals surface area contributed by atoms with Gasteiger partial charge in [-0.25, -0.2) is 0 Å². The molecule has 0 radical (unpaired) electrons. The SMILES string of the molecule is C[C@]12CC[C@H]3[C@@H](CC[C@@]4(C[N+](C)(C)C)CC([N+]5(C)CCCC5)CC[C@]34C)[C@@H]1CC[C@@H]2[N+](C)(C)C. The first kappa shape index (κ1) is 25.5. The van der Waals surface area contributed by atoms with Crippen LogP contribution in [0.3, 0.4) is 0 Å². The number of nitrogens with zero attached hydrogens (tertiary/aromatic N) is 3. The molecule has 5 aliphatic rings. The second kappa shape index (κ2) is 7.94. The van der Waals surface area contributed by atoms with Crippen LogP contribution in [0.4, 0.5) is 0 Å². The second-order valence-electron chi connectivity index (χ2n) is 16.8. The number of quaternary nitrogens is 3. The highest BCUT2D eigenvalue weighted by Gasteiger charge is 2.68. The van der Waals surface area contributed by atoms with E-state index in [9.17, 15) is 0 Å². The molecule has 0 aromatic carbocycles. The molecule has 8 atom stereocenters. The van der Waals surface area contributed by atoms with E-state index in [1.54, 1.807) is 0 Å². The summed E-state index contributed by atoms with van der Waals surface area (Å²) in [7, 11) is 17.5. The highest BCUT2D eigenvalue weighted by Crippen LogP contribution is 2.71. The van der Waals surface area contributed by atoms with Crippen LogP contribution < -0.4 is 0 Å². The Balaban J connectivity index is 1.47. The molecule has 1 unspecified atom stereocenters. The van der Waals surface area contributed by atoms with E-state index in [4.69, 9.17) is 0 Å². The summed E-state index contributed by atoms with van der Waals surface area (Å²) >= 11 is 0. The Labute approximate surface area is 213 Å². The van der Waals surface area contributed by atoms with E-state index in [1.807, 2.05) is 0 Å². The highest BCUT2D eigenvalue weighted by atomic mass is 15.4. The molecular weight excluding hydrogens is 414 g/mol. The molecule has 0 N–H and O–H groups in total. The second-order valence-corrected chi connectivity index (χ2v) is 16.8. The topological polar surface area (TPSA) is 0 Å². The summed E-state index contributed by atoms with van der Waals surface area (Å²) in [6, 6.07) is 1.78. The van der Waals surface area contributed by atoms with Gasteiger partial charge in [-0.05, 0) is 61.7 Å². The molecule has 0 aromatic rings. The van der Waals surface area contributed by atoms with Crippen LogP contribution in [-0.2, 0) is 0 Å². The molecule has 0 spiro atoms. The summed E-state index contributed by atoms with van der Waals surface area (Å²) in [5.74, 6) is 2.95. The molecule has 4 aliphatic carbocycles. The molecule has 0 aromatic heterocycles. The van der Waals surface area contributed by atoms with Gasteiger partial charge in [0.05, 0.1) is 81.1 Å². The van der Waals surface area contributed by atoms with Gasteiger partial charge in [-0.2, -0.15) is 0 Å². The maximum Gasteiger partial charge on any atom is 0.0941 e. The predicted molar refractivity (Wildman–Crippen MR) is 144 cm³/mol. The van der Waals surface area contributed by atoms with Crippen molar-refractivity contribution in [3.05, 3.63) is 0 Å². The van der Waals surface area contributed by atoms with Crippen molar-refractivity contribution in [2.75, 3.05) is 69.0 Å². The minimum Gasteiger partial charge on any atom is -0.330 e. The summed E-state index contributed by atoms with van der Waals surface area (Å²) in [4.78, 5) is 0. The molecule has 34 heavy (non-hydrogen) atoms. The summed E-state index contributed by atoms with van der Waals surface area (Å²) in [5, 5.41) is 0. The molecule has 4 saturated carbocycles. The van der Waals surface area contributed by atoms with Gasteiger partial charge >= 0.3 is 0 Å². The lowest BCUT2D eigenvalue weighted by molar-refractivity contribution is -0.927. The predicted octanol–water partition coefficient (Wildman–Crippen LogP) is 5.79. The third-order valence-corrected chi connectivity index (χ3v) is 13.2. The van der Waals surface area contributed by atoms with Crippen molar-refractivity contribution in [2.24, 2.45) is 34.0 Å². The van der Waals surface area contributed by atoms with Gasteiger partial charge in [0.2, 0.25) is 0 Å². The van der Waals surface area contributed by atoms with Crippen LogP contribution in [0.5, 0.6) is 0 Å². The van der Waals surface area contributed by atoms with Crippen LogP contribution >= 0.6 is 0 Å². The first-order valence-electron chi connectivity index (χ1n) is 15.1. The maximum absolute atomic E-state index is 2.83. The summed E-state index contributed by atoms with van der Waals surface area (Å²) in [6.07, 6.45) is 16.5. The zero-order valence-electron chi connectivity index (χ0n) is 24.6. The zero-order valence-corrected chi connectivity index (χ0v) is 24.6. The van der Waals surface area contributed by atoms with E-state index >= 15 is 0 Å². The Morgan fingerprint density at radius 1 is 0.765 bits per heavy atom. The van der Waals surface area contributed by atoms with E-state index in [1.165, 1.54) is 99.2 Å². The van der Waals surface area contributed by atoms with Crippen molar-refractivity contribution >= 4 is 0 Å². The first-order chi connectivity index (χ1) is 15.6. The smallest absolute Gasteiger partial charge is 0.0941 e. The van der Waals surface area contributed by atoms with Gasteiger partial charge in [-0.15, -0.1) is 0 Å². The maximum atomic E-state index is 2.83. The molecule has 196 valence electrons. The van der Waals surface area contributed by atoms with Gasteiger partial charge in [0, 0.05) is 42.9 Å².